The van der Waals surface area contributed by atoms with Crippen molar-refractivity contribution in [2.45, 2.75) is 6.61 Å². The van der Waals surface area contributed by atoms with Crippen molar-refractivity contribution < 1.29 is 9.53 Å². The first-order valence-electron chi connectivity index (χ1n) is 6.79. The SMILES string of the molecule is O=C(/C=C/c1ccc(Cl)c(Cl)c1)OCc1nc2ccsc2c(=O)[nH]1. The maximum atomic E-state index is 11.8. The van der Waals surface area contributed by atoms with Gasteiger partial charge in [0.2, 0.25) is 0 Å². The fraction of sp³-hybridized carbons (Fsp3) is 0.0625. The van der Waals surface area contributed by atoms with E-state index in [0.29, 0.717) is 31.6 Å². The van der Waals surface area contributed by atoms with Crippen molar-refractivity contribution in [1.29, 1.82) is 0 Å². The standard InChI is InChI=1S/C16H10Cl2N2O3S/c17-10-3-1-9(7-11(10)18)2-4-14(21)23-8-13-19-12-5-6-24-15(12)16(22)20-13/h1-7H,8H2,(H,19,20,22)/b4-2+. The number of halogens is 2. The second kappa shape index (κ2) is 7.17. The Morgan fingerprint density at radius 3 is 2.92 bits per heavy atom. The molecule has 0 aliphatic rings. The summed E-state index contributed by atoms with van der Waals surface area (Å²) in [5.41, 5.74) is 1.06. The Kier molecular flexibility index (Phi) is 4.99. The second-order valence-electron chi connectivity index (χ2n) is 4.76. The van der Waals surface area contributed by atoms with Gasteiger partial charge in [0.15, 0.2) is 0 Å². The van der Waals surface area contributed by atoms with Gasteiger partial charge in [-0.2, -0.15) is 0 Å². The molecule has 0 radical (unpaired) electrons. The molecule has 2 heterocycles. The molecule has 3 rings (SSSR count). The fourth-order valence-corrected chi connectivity index (χ4v) is 2.99. The van der Waals surface area contributed by atoms with Crippen molar-refractivity contribution in [3.8, 4) is 0 Å². The predicted octanol–water partition coefficient (Wildman–Crippen LogP) is 4.05. The number of nitrogens with zero attached hydrogens (tertiary/aromatic N) is 1. The third kappa shape index (κ3) is 3.84. The highest BCUT2D eigenvalue weighted by Crippen LogP contribution is 2.23. The minimum Gasteiger partial charge on any atom is -0.454 e. The van der Waals surface area contributed by atoms with Gasteiger partial charge in [0.05, 0.1) is 15.6 Å². The Balaban J connectivity index is 1.65. The van der Waals surface area contributed by atoms with Crippen LogP contribution >= 0.6 is 34.5 Å². The minimum absolute atomic E-state index is 0.119. The molecule has 3 aromatic rings. The number of rotatable bonds is 4. The lowest BCUT2D eigenvalue weighted by atomic mass is 10.2. The summed E-state index contributed by atoms with van der Waals surface area (Å²) in [7, 11) is 0. The molecule has 1 N–H and O–H groups in total. The number of fused-ring (bicyclic) bond motifs is 1. The molecule has 0 aliphatic carbocycles. The number of benzene rings is 1. The summed E-state index contributed by atoms with van der Waals surface area (Å²) in [5, 5.41) is 2.62. The topological polar surface area (TPSA) is 72.0 Å². The lowest BCUT2D eigenvalue weighted by Crippen LogP contribution is -2.12. The molecule has 0 saturated heterocycles. The highest BCUT2D eigenvalue weighted by Gasteiger charge is 2.06. The summed E-state index contributed by atoms with van der Waals surface area (Å²) in [6.45, 7) is -0.119. The summed E-state index contributed by atoms with van der Waals surface area (Å²) in [6.07, 6.45) is 2.82. The van der Waals surface area contributed by atoms with Crippen molar-refractivity contribution in [2.24, 2.45) is 0 Å². The summed E-state index contributed by atoms with van der Waals surface area (Å²) in [4.78, 5) is 30.4. The van der Waals surface area contributed by atoms with Crippen molar-refractivity contribution >= 4 is 56.8 Å². The van der Waals surface area contributed by atoms with Gasteiger partial charge >= 0.3 is 5.97 Å². The fourth-order valence-electron chi connectivity index (χ4n) is 1.96. The first-order chi connectivity index (χ1) is 11.5. The van der Waals surface area contributed by atoms with Crippen LogP contribution in [-0.2, 0) is 16.1 Å². The first-order valence-corrected chi connectivity index (χ1v) is 8.43. The smallest absolute Gasteiger partial charge is 0.331 e. The van der Waals surface area contributed by atoms with Gasteiger partial charge < -0.3 is 9.72 Å². The van der Waals surface area contributed by atoms with E-state index < -0.39 is 5.97 Å². The average Bonchev–Trinajstić information content (AvgIpc) is 3.03. The normalized spacial score (nSPS) is 11.2. The van der Waals surface area contributed by atoms with Crippen molar-refractivity contribution in [3.05, 3.63) is 67.5 Å². The number of carbonyl (C=O) groups excluding carboxylic acids is 1. The van der Waals surface area contributed by atoms with Crippen LogP contribution in [-0.4, -0.2) is 15.9 Å². The molecule has 0 atom stereocenters. The van der Waals surface area contributed by atoms with Crippen LogP contribution in [0.4, 0.5) is 0 Å². The molecule has 0 bridgehead atoms. The molecule has 0 saturated carbocycles. The van der Waals surface area contributed by atoms with Crippen molar-refractivity contribution in [1.82, 2.24) is 9.97 Å². The number of thiophene rings is 1. The van der Waals surface area contributed by atoms with E-state index in [0.717, 1.165) is 0 Å². The molecular formula is C16H10Cl2N2O3S. The number of hydrogen-bond donors (Lipinski definition) is 1. The Bertz CT molecular complexity index is 994. The molecule has 1 aromatic carbocycles. The third-order valence-electron chi connectivity index (χ3n) is 3.07. The lowest BCUT2D eigenvalue weighted by Gasteiger charge is -2.02. The van der Waals surface area contributed by atoms with E-state index >= 15 is 0 Å². The van der Waals surface area contributed by atoms with E-state index in [9.17, 15) is 9.59 Å². The quantitative estimate of drug-likeness (QED) is 0.547. The van der Waals surface area contributed by atoms with E-state index in [1.54, 1.807) is 35.7 Å². The average molecular weight is 381 g/mol. The van der Waals surface area contributed by atoms with E-state index in [1.165, 1.54) is 17.4 Å². The molecule has 0 spiro atoms. The molecule has 0 unspecified atom stereocenters. The minimum atomic E-state index is -0.561. The second-order valence-corrected chi connectivity index (χ2v) is 6.49. The van der Waals surface area contributed by atoms with Gasteiger partial charge in [0.1, 0.15) is 17.1 Å². The number of H-pyrrole nitrogens is 1. The molecule has 0 aliphatic heterocycles. The predicted molar refractivity (Wildman–Crippen MR) is 95.5 cm³/mol. The van der Waals surface area contributed by atoms with Gasteiger partial charge in [0.25, 0.3) is 5.56 Å². The molecule has 5 nitrogen and oxygen atoms in total. The third-order valence-corrected chi connectivity index (χ3v) is 4.71. The van der Waals surface area contributed by atoms with E-state index in [-0.39, 0.29) is 12.2 Å². The molecule has 8 heteroatoms. The highest BCUT2D eigenvalue weighted by molar-refractivity contribution is 7.17. The van der Waals surface area contributed by atoms with Gasteiger partial charge in [-0.15, -0.1) is 11.3 Å². The zero-order chi connectivity index (χ0) is 17.1. The number of hydrogen-bond acceptors (Lipinski definition) is 5. The van der Waals surface area contributed by atoms with Crippen LogP contribution in [0.15, 0.2) is 40.5 Å². The molecule has 0 fully saturated rings. The van der Waals surface area contributed by atoms with Crippen LogP contribution in [0.3, 0.4) is 0 Å². The first kappa shape index (κ1) is 16.7. The number of aromatic nitrogens is 2. The van der Waals surface area contributed by atoms with E-state index in [1.807, 2.05) is 0 Å². The number of aromatic amines is 1. The number of ether oxygens (including phenoxy) is 1. The number of esters is 1. The Labute approximate surface area is 150 Å². The Morgan fingerprint density at radius 2 is 2.12 bits per heavy atom. The highest BCUT2D eigenvalue weighted by atomic mass is 35.5. The summed E-state index contributed by atoms with van der Waals surface area (Å²) >= 11 is 13.0. The zero-order valence-electron chi connectivity index (χ0n) is 12.1. The monoisotopic (exact) mass is 380 g/mol. The van der Waals surface area contributed by atoms with E-state index in [2.05, 4.69) is 9.97 Å². The van der Waals surface area contributed by atoms with Gasteiger partial charge in [-0.25, -0.2) is 9.78 Å². The van der Waals surface area contributed by atoms with Gasteiger partial charge in [-0.1, -0.05) is 29.3 Å². The summed E-state index contributed by atoms with van der Waals surface area (Å²) in [5.74, 6) is -0.267. The maximum Gasteiger partial charge on any atom is 0.331 e. The Hall–Kier alpha value is -2.15. The number of carbonyl (C=O) groups is 1. The molecule has 122 valence electrons. The van der Waals surface area contributed by atoms with Gasteiger partial charge in [-0.05, 0) is 35.2 Å². The lowest BCUT2D eigenvalue weighted by molar-refractivity contribution is -0.139. The Morgan fingerprint density at radius 1 is 1.29 bits per heavy atom. The van der Waals surface area contributed by atoms with Gasteiger partial charge in [0, 0.05) is 6.08 Å². The molecule has 2 aromatic heterocycles. The summed E-state index contributed by atoms with van der Waals surface area (Å²) in [6, 6.07) is 6.74. The van der Waals surface area contributed by atoms with Crippen LogP contribution in [0, 0.1) is 0 Å². The maximum absolute atomic E-state index is 11.8. The van der Waals surface area contributed by atoms with Crippen LogP contribution in [0.2, 0.25) is 10.0 Å². The zero-order valence-corrected chi connectivity index (χ0v) is 14.4. The van der Waals surface area contributed by atoms with E-state index in [4.69, 9.17) is 27.9 Å². The molecule has 0 amide bonds. The summed E-state index contributed by atoms with van der Waals surface area (Å²) < 4.78 is 5.62. The largest absolute Gasteiger partial charge is 0.454 e. The van der Waals surface area contributed by atoms with Crippen LogP contribution in [0.5, 0.6) is 0 Å². The van der Waals surface area contributed by atoms with Crippen LogP contribution in [0.25, 0.3) is 16.3 Å². The van der Waals surface area contributed by atoms with Crippen molar-refractivity contribution in [3.63, 3.8) is 0 Å². The molecule has 24 heavy (non-hydrogen) atoms. The van der Waals surface area contributed by atoms with Crippen LogP contribution in [0.1, 0.15) is 11.4 Å². The molecular weight excluding hydrogens is 371 g/mol. The van der Waals surface area contributed by atoms with Crippen molar-refractivity contribution in [2.75, 3.05) is 0 Å². The van der Waals surface area contributed by atoms with Gasteiger partial charge in [-0.3, -0.25) is 4.79 Å². The van der Waals surface area contributed by atoms with Crippen LogP contribution < -0.4 is 5.56 Å². The number of nitrogens with one attached hydrogen (secondary N) is 1.